The van der Waals surface area contributed by atoms with Crippen LogP contribution in [0.5, 0.6) is 0 Å². The summed E-state index contributed by atoms with van der Waals surface area (Å²) in [6.07, 6.45) is 0. The number of rotatable bonds is 4. The Bertz CT molecular complexity index is 3190. The minimum atomic E-state index is -0.681. The maximum atomic E-state index is 15.8. The highest BCUT2D eigenvalue weighted by atomic mass is 19.1. The Kier molecular flexibility index (Phi) is 6.80. The highest BCUT2D eigenvalue weighted by molar-refractivity contribution is 6.26. The Labute approximate surface area is 330 Å². The zero-order valence-electron chi connectivity index (χ0n) is 31.0. The second kappa shape index (κ2) is 12.1. The second-order valence-electron chi connectivity index (χ2n) is 15.3. The van der Waals surface area contributed by atoms with E-state index in [-0.39, 0.29) is 5.82 Å². The first-order chi connectivity index (χ1) is 28.2. The summed E-state index contributed by atoms with van der Waals surface area (Å²) >= 11 is 0. The predicted octanol–water partition coefficient (Wildman–Crippen LogP) is 14.8. The minimum absolute atomic E-state index is 0.232. The largest absolute Gasteiger partial charge is 0.309 e. The van der Waals surface area contributed by atoms with Gasteiger partial charge in [0.2, 0.25) is 0 Å². The molecule has 2 aliphatic carbocycles. The van der Waals surface area contributed by atoms with Crippen molar-refractivity contribution in [3.8, 4) is 33.4 Å². The Morgan fingerprint density at radius 2 is 0.860 bits per heavy atom. The zero-order chi connectivity index (χ0) is 37.7. The van der Waals surface area contributed by atoms with Gasteiger partial charge in [-0.1, -0.05) is 170 Å². The molecule has 12 rings (SSSR count). The van der Waals surface area contributed by atoms with Crippen LogP contribution in [0.15, 0.2) is 206 Å². The Hall–Kier alpha value is -7.29. The summed E-state index contributed by atoms with van der Waals surface area (Å²) in [6.45, 7) is 0. The van der Waals surface area contributed by atoms with E-state index in [4.69, 9.17) is 0 Å². The van der Waals surface area contributed by atoms with Crippen LogP contribution >= 0.6 is 0 Å². The van der Waals surface area contributed by atoms with Crippen molar-refractivity contribution in [2.75, 3.05) is 4.90 Å². The first kappa shape index (κ1) is 32.0. The molecule has 0 radical (unpaired) electrons. The van der Waals surface area contributed by atoms with E-state index in [1.54, 1.807) is 12.1 Å². The first-order valence-corrected chi connectivity index (χ1v) is 19.6. The molecule has 0 N–H and O–H groups in total. The molecule has 2 heteroatoms. The van der Waals surface area contributed by atoms with Crippen LogP contribution in [0.3, 0.4) is 0 Å². The molecule has 2 aliphatic rings. The van der Waals surface area contributed by atoms with Crippen molar-refractivity contribution >= 4 is 49.4 Å². The average Bonchev–Trinajstić information content (AvgIpc) is 3.74. The van der Waals surface area contributed by atoms with Gasteiger partial charge >= 0.3 is 0 Å². The van der Waals surface area contributed by atoms with Crippen molar-refractivity contribution in [1.29, 1.82) is 0 Å². The van der Waals surface area contributed by atoms with Crippen LogP contribution in [-0.2, 0) is 5.41 Å². The van der Waals surface area contributed by atoms with Gasteiger partial charge in [-0.25, -0.2) is 4.39 Å². The van der Waals surface area contributed by atoms with Gasteiger partial charge in [-0.05, 0) is 113 Å². The summed E-state index contributed by atoms with van der Waals surface area (Å²) in [7, 11) is 0. The molecule has 0 amide bonds. The molecule has 10 aromatic carbocycles. The van der Waals surface area contributed by atoms with E-state index in [1.165, 1.54) is 54.6 Å². The van der Waals surface area contributed by atoms with E-state index < -0.39 is 5.41 Å². The third kappa shape index (κ3) is 4.38. The fourth-order valence-corrected chi connectivity index (χ4v) is 10.3. The number of para-hydroxylation sites is 1. The molecule has 0 bridgehead atoms. The van der Waals surface area contributed by atoms with Crippen molar-refractivity contribution in [1.82, 2.24) is 0 Å². The molecule has 0 saturated carbocycles. The highest BCUT2D eigenvalue weighted by Gasteiger charge is 2.52. The topological polar surface area (TPSA) is 3.24 Å². The van der Waals surface area contributed by atoms with Crippen LogP contribution < -0.4 is 4.90 Å². The standard InChI is InChI=1S/C55H34FN/c56-36-29-31-46-51(33-36)55(48-24-11-8-22-44(48)45-23-9-12-25-49(45)55)50-26-14-28-53(54(46)50)57(52-27-13-10-17-38(52)35-15-2-1-3-16-35)37-30-32-43-41-20-5-4-18-39(41)40-19-6-7-21-42(40)47(43)34-37/h1-34H. The Balaban J connectivity index is 1.21. The summed E-state index contributed by atoms with van der Waals surface area (Å²) in [5, 5.41) is 7.39. The summed E-state index contributed by atoms with van der Waals surface area (Å²) in [4.78, 5) is 2.45. The van der Waals surface area contributed by atoms with Crippen LogP contribution in [-0.4, -0.2) is 0 Å². The number of nitrogens with zero attached hydrogens (tertiary/aromatic N) is 1. The molecule has 0 atom stereocenters. The lowest BCUT2D eigenvalue weighted by atomic mass is 9.70. The van der Waals surface area contributed by atoms with Gasteiger partial charge in [0.15, 0.2) is 0 Å². The lowest BCUT2D eigenvalue weighted by Crippen LogP contribution is -2.26. The molecular weight excluding hydrogens is 694 g/mol. The molecular formula is C55H34FN. The molecule has 0 aliphatic heterocycles. The quantitative estimate of drug-likeness (QED) is 0.163. The number of hydrogen-bond acceptors (Lipinski definition) is 1. The van der Waals surface area contributed by atoms with Crippen LogP contribution in [0.4, 0.5) is 21.5 Å². The van der Waals surface area contributed by atoms with E-state index >= 15 is 4.39 Å². The van der Waals surface area contributed by atoms with Gasteiger partial charge in [-0.2, -0.15) is 0 Å². The van der Waals surface area contributed by atoms with Gasteiger partial charge in [0.25, 0.3) is 0 Å². The Morgan fingerprint density at radius 3 is 1.54 bits per heavy atom. The van der Waals surface area contributed by atoms with Crippen molar-refractivity contribution < 1.29 is 4.39 Å². The summed E-state index contributed by atoms with van der Waals surface area (Å²) in [5.74, 6) is -0.232. The zero-order valence-corrected chi connectivity index (χ0v) is 31.0. The van der Waals surface area contributed by atoms with E-state index in [2.05, 4.69) is 193 Å². The van der Waals surface area contributed by atoms with E-state index in [1.807, 2.05) is 6.07 Å². The lowest BCUT2D eigenvalue weighted by Gasteiger charge is -2.32. The molecule has 1 spiro atoms. The van der Waals surface area contributed by atoms with Gasteiger partial charge in [0.1, 0.15) is 5.82 Å². The third-order valence-corrected chi connectivity index (χ3v) is 12.5. The first-order valence-electron chi connectivity index (χ1n) is 19.6. The van der Waals surface area contributed by atoms with Crippen LogP contribution in [0.2, 0.25) is 0 Å². The number of halogens is 1. The SMILES string of the molecule is Fc1ccc2c(c1)C1(c3ccccc3-c3ccccc31)c1cccc(N(c3ccc4c5ccccc5c5ccccc5c4c3)c3ccccc3-c3ccccc3)c1-2. The second-order valence-corrected chi connectivity index (χ2v) is 15.3. The van der Waals surface area contributed by atoms with Crippen molar-refractivity contribution in [3.05, 3.63) is 234 Å². The van der Waals surface area contributed by atoms with Crippen molar-refractivity contribution in [3.63, 3.8) is 0 Å². The fourth-order valence-electron chi connectivity index (χ4n) is 10.3. The van der Waals surface area contributed by atoms with E-state index in [0.717, 1.165) is 50.4 Å². The predicted molar refractivity (Wildman–Crippen MR) is 235 cm³/mol. The molecule has 0 aromatic heterocycles. The van der Waals surface area contributed by atoms with Gasteiger partial charge in [-0.3, -0.25) is 0 Å². The smallest absolute Gasteiger partial charge is 0.123 e. The van der Waals surface area contributed by atoms with Crippen LogP contribution in [0.25, 0.3) is 65.7 Å². The highest BCUT2D eigenvalue weighted by Crippen LogP contribution is 2.65. The number of anilines is 3. The number of hydrogen-bond donors (Lipinski definition) is 0. The van der Waals surface area contributed by atoms with E-state index in [9.17, 15) is 0 Å². The van der Waals surface area contributed by atoms with E-state index in [0.29, 0.717) is 0 Å². The third-order valence-electron chi connectivity index (χ3n) is 12.5. The van der Waals surface area contributed by atoms with Crippen LogP contribution in [0.1, 0.15) is 22.3 Å². The molecule has 1 nitrogen and oxygen atoms in total. The maximum absolute atomic E-state index is 15.8. The minimum Gasteiger partial charge on any atom is -0.309 e. The number of fused-ring (bicyclic) bond motifs is 16. The van der Waals surface area contributed by atoms with Gasteiger partial charge in [0, 0.05) is 16.8 Å². The molecule has 0 heterocycles. The molecule has 266 valence electrons. The summed E-state index contributed by atoms with van der Waals surface area (Å²) < 4.78 is 15.8. The van der Waals surface area contributed by atoms with Gasteiger partial charge < -0.3 is 4.90 Å². The fraction of sp³-hybridized carbons (Fsp3) is 0.0182. The molecule has 0 fully saturated rings. The van der Waals surface area contributed by atoms with Gasteiger partial charge in [0.05, 0.1) is 16.8 Å². The number of benzene rings is 10. The van der Waals surface area contributed by atoms with Crippen molar-refractivity contribution in [2.45, 2.75) is 5.41 Å². The monoisotopic (exact) mass is 727 g/mol. The summed E-state index contributed by atoms with van der Waals surface area (Å²) in [5.41, 5.74) is 13.8. The normalized spacial score (nSPS) is 13.1. The maximum Gasteiger partial charge on any atom is 0.123 e. The Morgan fingerprint density at radius 1 is 0.333 bits per heavy atom. The summed E-state index contributed by atoms with van der Waals surface area (Å²) in [6, 6.07) is 73.4. The molecule has 10 aromatic rings. The lowest BCUT2D eigenvalue weighted by molar-refractivity contribution is 0.622. The van der Waals surface area contributed by atoms with Gasteiger partial charge in [-0.15, -0.1) is 0 Å². The molecule has 0 saturated heterocycles. The van der Waals surface area contributed by atoms with Crippen LogP contribution in [0, 0.1) is 5.82 Å². The van der Waals surface area contributed by atoms with Crippen molar-refractivity contribution in [2.24, 2.45) is 0 Å². The molecule has 57 heavy (non-hydrogen) atoms. The average molecular weight is 728 g/mol. The molecule has 0 unspecified atom stereocenters.